The Morgan fingerprint density at radius 1 is 1.56 bits per heavy atom. The predicted molar refractivity (Wildman–Crippen MR) is 76.7 cm³/mol. The van der Waals surface area contributed by atoms with Crippen LogP contribution in [0.3, 0.4) is 0 Å². The largest absolute Gasteiger partial charge is 0.379 e. The van der Waals surface area contributed by atoms with Crippen LogP contribution in [0.25, 0.3) is 0 Å². The van der Waals surface area contributed by atoms with Gasteiger partial charge < -0.3 is 15.8 Å². The highest BCUT2D eigenvalue weighted by Crippen LogP contribution is 2.31. The second kappa shape index (κ2) is 6.26. The van der Waals surface area contributed by atoms with Gasteiger partial charge in [0, 0.05) is 17.3 Å². The molecule has 1 heterocycles. The van der Waals surface area contributed by atoms with E-state index in [0.717, 1.165) is 12.8 Å². The van der Waals surface area contributed by atoms with E-state index in [1.165, 1.54) is 0 Å². The van der Waals surface area contributed by atoms with Crippen LogP contribution < -0.4 is 11.1 Å². The summed E-state index contributed by atoms with van der Waals surface area (Å²) in [5.41, 5.74) is 5.38. The average molecular weight is 274 g/mol. The van der Waals surface area contributed by atoms with Crippen LogP contribution in [0.1, 0.15) is 33.6 Å². The molecule has 2 atom stereocenters. The van der Waals surface area contributed by atoms with Crippen molar-refractivity contribution in [3.8, 4) is 0 Å². The summed E-state index contributed by atoms with van der Waals surface area (Å²) in [5.74, 6) is 0.0211. The molecular weight excluding hydrogens is 248 g/mol. The van der Waals surface area contributed by atoms with Gasteiger partial charge in [-0.2, -0.15) is 11.8 Å². The van der Waals surface area contributed by atoms with Crippen molar-refractivity contribution in [3.63, 3.8) is 0 Å². The van der Waals surface area contributed by atoms with Gasteiger partial charge in [0.05, 0.1) is 18.6 Å². The van der Waals surface area contributed by atoms with Gasteiger partial charge in [-0.15, -0.1) is 0 Å². The molecule has 5 heteroatoms. The average Bonchev–Trinajstić information content (AvgIpc) is 2.73. The number of carbonyl (C=O) groups excluding carboxylic acids is 1. The molecule has 0 saturated carbocycles. The Hall–Kier alpha value is -0.260. The van der Waals surface area contributed by atoms with E-state index in [-0.39, 0.29) is 16.7 Å². The number of ether oxygens (including phenoxy) is 1. The quantitative estimate of drug-likeness (QED) is 0.768. The normalized spacial score (nSPS) is 28.4. The smallest absolute Gasteiger partial charge is 0.229 e. The first-order chi connectivity index (χ1) is 8.44. The molecule has 3 N–H and O–H groups in total. The van der Waals surface area contributed by atoms with Gasteiger partial charge in [0.25, 0.3) is 0 Å². The first-order valence-electron chi connectivity index (χ1n) is 6.61. The SMILES string of the molecule is CCC(CC)(CNC(=O)C1(C)COCC1N)SC. The van der Waals surface area contributed by atoms with E-state index in [0.29, 0.717) is 19.8 Å². The van der Waals surface area contributed by atoms with Gasteiger partial charge >= 0.3 is 0 Å². The minimum atomic E-state index is -0.578. The van der Waals surface area contributed by atoms with Gasteiger partial charge in [-0.3, -0.25) is 4.79 Å². The predicted octanol–water partition coefficient (Wildman–Crippen LogP) is 1.39. The zero-order valence-corrected chi connectivity index (χ0v) is 12.7. The number of hydrogen-bond acceptors (Lipinski definition) is 4. The molecule has 0 aromatic rings. The lowest BCUT2D eigenvalue weighted by atomic mass is 9.84. The van der Waals surface area contributed by atoms with Crippen molar-refractivity contribution in [2.24, 2.45) is 11.1 Å². The maximum atomic E-state index is 12.3. The molecule has 4 nitrogen and oxygen atoms in total. The monoisotopic (exact) mass is 274 g/mol. The van der Waals surface area contributed by atoms with Gasteiger partial charge in [-0.25, -0.2) is 0 Å². The highest BCUT2D eigenvalue weighted by atomic mass is 32.2. The van der Waals surface area contributed by atoms with Gasteiger partial charge in [-0.05, 0) is 26.0 Å². The Labute approximate surface area is 114 Å². The van der Waals surface area contributed by atoms with Crippen LogP contribution in [0.4, 0.5) is 0 Å². The second-order valence-electron chi connectivity index (χ2n) is 5.32. The number of hydrogen-bond donors (Lipinski definition) is 2. The standard InChI is InChI=1S/C13H26N2O2S/c1-5-13(6-2,18-4)8-15-11(16)12(3)9-17-7-10(12)14/h10H,5-9,14H2,1-4H3,(H,15,16). The first kappa shape index (κ1) is 15.8. The van der Waals surface area contributed by atoms with Gasteiger partial charge in [0.15, 0.2) is 0 Å². The molecule has 18 heavy (non-hydrogen) atoms. The number of thioether (sulfide) groups is 1. The summed E-state index contributed by atoms with van der Waals surface area (Å²) in [6.45, 7) is 7.81. The van der Waals surface area contributed by atoms with E-state index >= 15 is 0 Å². The first-order valence-corrected chi connectivity index (χ1v) is 7.83. The fourth-order valence-corrected chi connectivity index (χ4v) is 3.02. The van der Waals surface area contributed by atoms with E-state index in [2.05, 4.69) is 25.4 Å². The van der Waals surface area contributed by atoms with Crippen molar-refractivity contribution in [2.75, 3.05) is 26.0 Å². The third kappa shape index (κ3) is 3.00. The fourth-order valence-electron chi connectivity index (χ4n) is 2.23. The molecular formula is C13H26N2O2S. The molecule has 0 aromatic heterocycles. The Balaban J connectivity index is 2.60. The number of nitrogens with two attached hydrogens (primary N) is 1. The topological polar surface area (TPSA) is 64.3 Å². The molecule has 0 spiro atoms. The van der Waals surface area contributed by atoms with Crippen molar-refractivity contribution in [1.82, 2.24) is 5.32 Å². The molecule has 1 aliphatic heterocycles. The second-order valence-corrected chi connectivity index (χ2v) is 6.59. The molecule has 1 aliphatic rings. The van der Waals surface area contributed by atoms with Crippen molar-refractivity contribution >= 4 is 17.7 Å². The number of rotatable bonds is 6. The molecule has 1 saturated heterocycles. The maximum Gasteiger partial charge on any atom is 0.229 e. The summed E-state index contributed by atoms with van der Waals surface area (Å²) >= 11 is 1.82. The Morgan fingerprint density at radius 3 is 2.56 bits per heavy atom. The maximum absolute atomic E-state index is 12.3. The van der Waals surface area contributed by atoms with Crippen LogP contribution in [0.15, 0.2) is 0 Å². The number of nitrogens with one attached hydrogen (secondary N) is 1. The Bertz CT molecular complexity index is 286. The fraction of sp³-hybridized carbons (Fsp3) is 0.923. The molecule has 0 radical (unpaired) electrons. The van der Waals surface area contributed by atoms with Crippen LogP contribution >= 0.6 is 11.8 Å². The molecule has 0 bridgehead atoms. The number of amides is 1. The van der Waals surface area contributed by atoms with E-state index < -0.39 is 5.41 Å². The Kier molecular flexibility index (Phi) is 5.49. The van der Waals surface area contributed by atoms with E-state index in [1.54, 1.807) is 0 Å². The van der Waals surface area contributed by atoms with Crippen molar-refractivity contribution in [2.45, 2.75) is 44.4 Å². The molecule has 1 fully saturated rings. The van der Waals surface area contributed by atoms with E-state index in [9.17, 15) is 4.79 Å². The molecule has 0 aromatic carbocycles. The lowest BCUT2D eigenvalue weighted by molar-refractivity contribution is -0.130. The number of carbonyl (C=O) groups is 1. The van der Waals surface area contributed by atoms with Crippen LogP contribution in [0.2, 0.25) is 0 Å². The summed E-state index contributed by atoms with van der Waals surface area (Å²) in [4.78, 5) is 12.3. The summed E-state index contributed by atoms with van der Waals surface area (Å²) in [6, 6.07) is -0.204. The zero-order valence-electron chi connectivity index (χ0n) is 11.9. The summed E-state index contributed by atoms with van der Waals surface area (Å²) in [5, 5.41) is 3.07. The lowest BCUT2D eigenvalue weighted by Crippen LogP contribution is -2.52. The molecule has 1 rings (SSSR count). The van der Waals surface area contributed by atoms with Crippen LogP contribution in [-0.4, -0.2) is 42.7 Å². The van der Waals surface area contributed by atoms with Crippen molar-refractivity contribution in [1.29, 1.82) is 0 Å². The van der Waals surface area contributed by atoms with Crippen molar-refractivity contribution in [3.05, 3.63) is 0 Å². The van der Waals surface area contributed by atoms with Crippen LogP contribution in [-0.2, 0) is 9.53 Å². The van der Waals surface area contributed by atoms with Gasteiger partial charge in [-0.1, -0.05) is 13.8 Å². The minimum absolute atomic E-state index is 0.0211. The van der Waals surface area contributed by atoms with E-state index in [1.807, 2.05) is 18.7 Å². The molecule has 0 aliphatic carbocycles. The summed E-state index contributed by atoms with van der Waals surface area (Å²) < 4.78 is 5.45. The molecule has 2 unspecified atom stereocenters. The van der Waals surface area contributed by atoms with Crippen LogP contribution in [0, 0.1) is 5.41 Å². The van der Waals surface area contributed by atoms with E-state index in [4.69, 9.17) is 10.5 Å². The van der Waals surface area contributed by atoms with Crippen LogP contribution in [0.5, 0.6) is 0 Å². The lowest BCUT2D eigenvalue weighted by Gasteiger charge is -2.32. The third-order valence-corrected chi connectivity index (χ3v) is 5.92. The summed E-state index contributed by atoms with van der Waals surface area (Å²) in [7, 11) is 0. The van der Waals surface area contributed by atoms with Gasteiger partial charge in [0.2, 0.25) is 5.91 Å². The molecule has 1 amide bonds. The zero-order chi connectivity index (χ0) is 13.8. The Morgan fingerprint density at radius 2 is 2.17 bits per heavy atom. The summed E-state index contributed by atoms with van der Waals surface area (Å²) in [6.07, 6.45) is 4.19. The minimum Gasteiger partial charge on any atom is -0.379 e. The third-order valence-electron chi connectivity index (χ3n) is 4.33. The van der Waals surface area contributed by atoms with Crippen molar-refractivity contribution < 1.29 is 9.53 Å². The van der Waals surface area contributed by atoms with Gasteiger partial charge in [0.1, 0.15) is 0 Å². The molecule has 106 valence electrons. The highest BCUT2D eigenvalue weighted by Gasteiger charge is 2.44. The highest BCUT2D eigenvalue weighted by molar-refractivity contribution is 8.00.